The Morgan fingerprint density at radius 1 is 1.31 bits per heavy atom. The number of nitrogens with one attached hydrogen (secondary N) is 1. The van der Waals surface area contributed by atoms with Crippen molar-refractivity contribution in [1.29, 1.82) is 0 Å². The van der Waals surface area contributed by atoms with Crippen molar-refractivity contribution in [2.45, 2.75) is 19.3 Å². The average molecular weight is 354 g/mol. The maximum atomic E-state index is 13.7. The molecule has 0 spiro atoms. The van der Waals surface area contributed by atoms with Crippen molar-refractivity contribution in [3.8, 4) is 11.5 Å². The fourth-order valence-electron chi connectivity index (χ4n) is 3.45. The van der Waals surface area contributed by atoms with E-state index in [1.54, 1.807) is 16.7 Å². The SMILES string of the molecule is CN(C)c1cc(C[C@@H]2CCCNC2)nc(-c2cnc3ccc(F)cn23)n1. The molecule has 0 unspecified atom stereocenters. The number of aromatic nitrogens is 4. The summed E-state index contributed by atoms with van der Waals surface area (Å²) < 4.78 is 15.4. The average Bonchev–Trinajstić information content (AvgIpc) is 3.05. The fraction of sp³-hybridized carbons (Fsp3) is 0.421. The quantitative estimate of drug-likeness (QED) is 0.780. The minimum Gasteiger partial charge on any atom is -0.363 e. The molecule has 0 aromatic carbocycles. The molecule has 136 valence electrons. The molecule has 3 aromatic rings. The molecule has 0 aliphatic carbocycles. The molecular formula is C19H23FN6. The Morgan fingerprint density at radius 3 is 2.96 bits per heavy atom. The summed E-state index contributed by atoms with van der Waals surface area (Å²) in [4.78, 5) is 15.8. The number of imidazole rings is 1. The van der Waals surface area contributed by atoms with Crippen molar-refractivity contribution in [2.75, 3.05) is 32.1 Å². The number of pyridine rings is 1. The molecule has 0 saturated carbocycles. The second-order valence-corrected chi connectivity index (χ2v) is 7.07. The monoisotopic (exact) mass is 354 g/mol. The molecule has 0 radical (unpaired) electrons. The molecule has 1 saturated heterocycles. The van der Waals surface area contributed by atoms with E-state index in [0.717, 1.165) is 31.0 Å². The topological polar surface area (TPSA) is 58.3 Å². The van der Waals surface area contributed by atoms with Crippen molar-refractivity contribution in [3.63, 3.8) is 0 Å². The van der Waals surface area contributed by atoms with Crippen LogP contribution >= 0.6 is 0 Å². The first-order valence-electron chi connectivity index (χ1n) is 8.99. The Labute approximate surface area is 152 Å². The first kappa shape index (κ1) is 16.9. The molecule has 0 bridgehead atoms. The van der Waals surface area contributed by atoms with Gasteiger partial charge < -0.3 is 10.2 Å². The van der Waals surface area contributed by atoms with Crippen LogP contribution in [0, 0.1) is 11.7 Å². The maximum absolute atomic E-state index is 13.7. The van der Waals surface area contributed by atoms with Crippen molar-refractivity contribution < 1.29 is 4.39 Å². The Balaban J connectivity index is 1.75. The summed E-state index contributed by atoms with van der Waals surface area (Å²) in [5.74, 6) is 1.70. The number of fused-ring (bicyclic) bond motifs is 1. The van der Waals surface area contributed by atoms with Crippen LogP contribution in [0.5, 0.6) is 0 Å². The van der Waals surface area contributed by atoms with Gasteiger partial charge in [-0.15, -0.1) is 0 Å². The standard InChI is InChI=1S/C19H23FN6/c1-25(2)18-9-15(8-13-4-3-7-21-10-13)23-19(24-18)16-11-22-17-6-5-14(20)12-26(16)17/h5-6,9,11-13,21H,3-4,7-8,10H2,1-2H3/t13-/m0/s1. The van der Waals surface area contributed by atoms with Gasteiger partial charge in [0.25, 0.3) is 0 Å². The zero-order chi connectivity index (χ0) is 18.1. The van der Waals surface area contributed by atoms with Crippen LogP contribution in [0.25, 0.3) is 17.2 Å². The summed E-state index contributed by atoms with van der Waals surface area (Å²) >= 11 is 0. The summed E-state index contributed by atoms with van der Waals surface area (Å²) in [6.07, 6.45) is 6.46. The first-order valence-corrected chi connectivity index (χ1v) is 8.99. The molecule has 7 heteroatoms. The van der Waals surface area contributed by atoms with E-state index in [-0.39, 0.29) is 5.82 Å². The molecular weight excluding hydrogens is 331 g/mol. The van der Waals surface area contributed by atoms with Gasteiger partial charge in [0, 0.05) is 32.1 Å². The summed E-state index contributed by atoms with van der Waals surface area (Å²) in [6, 6.07) is 5.11. The number of piperidine rings is 1. The normalized spacial score (nSPS) is 17.6. The third kappa shape index (κ3) is 3.39. The van der Waals surface area contributed by atoms with E-state index in [1.807, 2.05) is 25.1 Å². The molecule has 1 aliphatic rings. The van der Waals surface area contributed by atoms with Gasteiger partial charge in [0.05, 0.1) is 6.20 Å². The van der Waals surface area contributed by atoms with Crippen LogP contribution < -0.4 is 10.2 Å². The lowest BCUT2D eigenvalue weighted by Gasteiger charge is -2.23. The van der Waals surface area contributed by atoms with Crippen molar-refractivity contribution in [3.05, 3.63) is 42.1 Å². The van der Waals surface area contributed by atoms with Crippen LogP contribution in [0.4, 0.5) is 10.2 Å². The smallest absolute Gasteiger partial charge is 0.180 e. The molecule has 4 rings (SSSR count). The molecule has 3 aromatic heterocycles. The molecule has 26 heavy (non-hydrogen) atoms. The van der Waals surface area contributed by atoms with E-state index in [9.17, 15) is 4.39 Å². The van der Waals surface area contributed by atoms with Gasteiger partial charge in [-0.3, -0.25) is 4.40 Å². The molecule has 6 nitrogen and oxygen atoms in total. The zero-order valence-corrected chi connectivity index (χ0v) is 15.1. The van der Waals surface area contributed by atoms with Crippen LogP contribution in [-0.2, 0) is 6.42 Å². The third-order valence-electron chi connectivity index (χ3n) is 4.82. The van der Waals surface area contributed by atoms with E-state index >= 15 is 0 Å². The number of halogens is 1. The maximum Gasteiger partial charge on any atom is 0.180 e. The highest BCUT2D eigenvalue weighted by Gasteiger charge is 2.18. The highest BCUT2D eigenvalue weighted by molar-refractivity contribution is 5.59. The van der Waals surface area contributed by atoms with Crippen molar-refractivity contribution in [2.24, 2.45) is 5.92 Å². The molecule has 4 heterocycles. The minimum absolute atomic E-state index is 0.311. The van der Waals surface area contributed by atoms with E-state index in [4.69, 9.17) is 4.98 Å². The van der Waals surface area contributed by atoms with E-state index in [2.05, 4.69) is 15.3 Å². The predicted molar refractivity (Wildman–Crippen MR) is 99.8 cm³/mol. The Morgan fingerprint density at radius 2 is 2.19 bits per heavy atom. The van der Waals surface area contributed by atoms with Gasteiger partial charge in [-0.25, -0.2) is 19.3 Å². The molecule has 1 fully saturated rings. The minimum atomic E-state index is -0.311. The second kappa shape index (κ2) is 6.99. The Kier molecular flexibility index (Phi) is 4.55. The van der Waals surface area contributed by atoms with Gasteiger partial charge in [0.1, 0.15) is 23.0 Å². The first-order chi connectivity index (χ1) is 12.6. The Hall–Kier alpha value is -2.54. The van der Waals surface area contributed by atoms with Gasteiger partial charge in [-0.05, 0) is 50.4 Å². The van der Waals surface area contributed by atoms with Gasteiger partial charge in [-0.2, -0.15) is 0 Å². The highest BCUT2D eigenvalue weighted by Crippen LogP contribution is 2.23. The summed E-state index contributed by atoms with van der Waals surface area (Å²) in [6.45, 7) is 2.12. The molecule has 1 aliphatic heterocycles. The number of nitrogens with zero attached hydrogens (tertiary/aromatic N) is 5. The van der Waals surface area contributed by atoms with Crippen LogP contribution in [0.15, 0.2) is 30.6 Å². The number of hydrogen-bond donors (Lipinski definition) is 1. The lowest BCUT2D eigenvalue weighted by atomic mass is 9.94. The van der Waals surface area contributed by atoms with Crippen LogP contribution in [0.1, 0.15) is 18.5 Å². The zero-order valence-electron chi connectivity index (χ0n) is 15.1. The van der Waals surface area contributed by atoms with E-state index < -0.39 is 0 Å². The largest absolute Gasteiger partial charge is 0.363 e. The summed E-state index contributed by atoms with van der Waals surface area (Å²) in [7, 11) is 3.93. The lowest BCUT2D eigenvalue weighted by Crippen LogP contribution is -2.31. The highest BCUT2D eigenvalue weighted by atomic mass is 19.1. The molecule has 1 N–H and O–H groups in total. The van der Waals surface area contributed by atoms with Gasteiger partial charge >= 0.3 is 0 Å². The summed E-state index contributed by atoms with van der Waals surface area (Å²) in [5, 5.41) is 3.46. The van der Waals surface area contributed by atoms with Crippen molar-refractivity contribution in [1.82, 2.24) is 24.7 Å². The lowest BCUT2D eigenvalue weighted by molar-refractivity contribution is 0.373. The van der Waals surface area contributed by atoms with Crippen LogP contribution in [0.3, 0.4) is 0 Å². The van der Waals surface area contributed by atoms with E-state index in [1.165, 1.54) is 25.1 Å². The molecule has 0 amide bonds. The fourth-order valence-corrected chi connectivity index (χ4v) is 3.45. The van der Waals surface area contributed by atoms with Gasteiger partial charge in [0.15, 0.2) is 5.82 Å². The van der Waals surface area contributed by atoms with Crippen LogP contribution in [0.2, 0.25) is 0 Å². The number of anilines is 1. The number of rotatable bonds is 4. The van der Waals surface area contributed by atoms with Gasteiger partial charge in [-0.1, -0.05) is 0 Å². The number of hydrogen-bond acceptors (Lipinski definition) is 5. The van der Waals surface area contributed by atoms with Gasteiger partial charge in [0.2, 0.25) is 0 Å². The van der Waals surface area contributed by atoms with E-state index in [0.29, 0.717) is 23.1 Å². The molecule has 1 atom stereocenters. The second-order valence-electron chi connectivity index (χ2n) is 7.07. The Bertz CT molecular complexity index is 914. The predicted octanol–water partition coefficient (Wildman–Crippen LogP) is 2.54. The van der Waals surface area contributed by atoms with Crippen molar-refractivity contribution >= 4 is 11.5 Å². The third-order valence-corrected chi connectivity index (χ3v) is 4.82. The van der Waals surface area contributed by atoms with Crippen LogP contribution in [-0.4, -0.2) is 46.5 Å². The summed E-state index contributed by atoms with van der Waals surface area (Å²) in [5.41, 5.74) is 2.39.